The minimum absolute atomic E-state index is 0.0231. The molecule has 0 heterocycles. The fourth-order valence-electron chi connectivity index (χ4n) is 1.61. The summed E-state index contributed by atoms with van der Waals surface area (Å²) in [4.78, 5) is 79.1. The molecule has 0 aliphatic heterocycles. The van der Waals surface area contributed by atoms with E-state index in [4.69, 9.17) is 70.1 Å². The molecule has 0 aromatic carbocycles. The zero-order chi connectivity index (χ0) is 36.2. The summed E-state index contributed by atoms with van der Waals surface area (Å²) in [6.45, 7) is 2.02. The van der Waals surface area contributed by atoms with Gasteiger partial charge in [0.1, 0.15) is 30.2 Å². The number of amides is 1. The van der Waals surface area contributed by atoms with Gasteiger partial charge < -0.3 is 75.9 Å². The Labute approximate surface area is 251 Å². The van der Waals surface area contributed by atoms with Crippen LogP contribution in [0.3, 0.4) is 0 Å². The fraction of sp³-hybridized carbons (Fsp3) is 0.636. The van der Waals surface area contributed by atoms with E-state index in [1.807, 2.05) is 0 Å². The fourth-order valence-corrected chi connectivity index (χ4v) is 1.61. The molecule has 0 bridgehead atoms. The van der Waals surface area contributed by atoms with Crippen LogP contribution < -0.4 is 40.1 Å². The molecule has 21 N–H and O–H groups in total. The average molecular weight is 648 g/mol. The van der Waals surface area contributed by atoms with Crippen LogP contribution in [0, 0.1) is 0 Å². The molecule has 0 aromatic rings. The number of unbranched alkanes of at least 4 members (excludes halogenated alkanes) is 1. The lowest BCUT2D eigenvalue weighted by atomic mass is 10.1. The number of rotatable bonds is 16. The van der Waals surface area contributed by atoms with Crippen molar-refractivity contribution >= 4 is 47.7 Å². The molecule has 0 aliphatic carbocycles. The number of hydrogen-bond donors (Lipinski definition) is 14. The lowest BCUT2D eigenvalue weighted by Crippen LogP contribution is -2.34. The number of carboxylic acid groups (broad SMARTS) is 7. The molecule has 44 heavy (non-hydrogen) atoms. The lowest BCUT2D eigenvalue weighted by molar-refractivity contribution is -0.144. The molecule has 0 rings (SSSR count). The maximum Gasteiger partial charge on any atom is 0.321 e. The van der Waals surface area contributed by atoms with E-state index in [0.29, 0.717) is 13.0 Å². The van der Waals surface area contributed by atoms with Crippen molar-refractivity contribution in [3.05, 3.63) is 0 Å². The van der Waals surface area contributed by atoms with Gasteiger partial charge in [-0.15, -0.1) is 0 Å². The minimum atomic E-state index is -1.29. The third-order valence-electron chi connectivity index (χ3n) is 4.11. The van der Waals surface area contributed by atoms with Crippen LogP contribution in [-0.2, 0) is 38.4 Å². The van der Waals surface area contributed by atoms with Gasteiger partial charge in [-0.05, 0) is 32.7 Å². The van der Waals surface area contributed by atoms with E-state index in [0.717, 1.165) is 12.8 Å². The predicted molar refractivity (Wildman–Crippen MR) is 150 cm³/mol. The first-order chi connectivity index (χ1) is 19.9. The van der Waals surface area contributed by atoms with Crippen LogP contribution in [-0.4, -0.2) is 120 Å². The molecule has 0 radical (unpaired) electrons. The van der Waals surface area contributed by atoms with Crippen LogP contribution in [0.2, 0.25) is 0 Å². The molecule has 0 aliphatic rings. The van der Waals surface area contributed by atoms with Gasteiger partial charge in [-0.3, -0.25) is 38.4 Å². The molecule has 5 atom stereocenters. The Morgan fingerprint density at radius 1 is 0.523 bits per heavy atom. The molecule has 0 spiro atoms. The van der Waals surface area contributed by atoms with Gasteiger partial charge in [-0.25, -0.2) is 0 Å². The van der Waals surface area contributed by atoms with E-state index >= 15 is 0 Å². The van der Waals surface area contributed by atoms with Crippen molar-refractivity contribution < 1.29 is 74.1 Å². The highest BCUT2D eigenvalue weighted by molar-refractivity contribution is 5.83. The summed E-state index contributed by atoms with van der Waals surface area (Å²) in [7, 11) is 0. The number of aliphatic carboxylic acids is 7. The molecular weight excluding hydrogens is 602 g/mol. The van der Waals surface area contributed by atoms with Crippen LogP contribution in [0.15, 0.2) is 0 Å². The predicted octanol–water partition coefficient (Wildman–Crippen LogP) is -4.64. The van der Waals surface area contributed by atoms with Crippen LogP contribution in [0.25, 0.3) is 0 Å². The number of hydrogen-bond acceptors (Lipinski definition) is 14. The molecule has 22 nitrogen and oxygen atoms in total. The smallest absolute Gasteiger partial charge is 0.321 e. The summed E-state index contributed by atoms with van der Waals surface area (Å²) in [6.07, 6.45) is 1.10. The largest absolute Gasteiger partial charge is 0.481 e. The van der Waals surface area contributed by atoms with Crippen molar-refractivity contribution in [1.82, 2.24) is 0 Å². The van der Waals surface area contributed by atoms with E-state index in [9.17, 15) is 38.4 Å². The summed E-state index contributed by atoms with van der Waals surface area (Å²) < 4.78 is 0. The van der Waals surface area contributed by atoms with Crippen molar-refractivity contribution in [3.8, 4) is 0 Å². The quantitative estimate of drug-likeness (QED) is 0.0700. The van der Waals surface area contributed by atoms with Crippen molar-refractivity contribution in [1.29, 1.82) is 0 Å². The molecular formula is C22H45N7O15. The zero-order valence-electron chi connectivity index (χ0n) is 24.0. The first-order valence-corrected chi connectivity index (χ1v) is 12.3. The van der Waals surface area contributed by atoms with Crippen molar-refractivity contribution in [2.45, 2.75) is 82.1 Å². The highest BCUT2D eigenvalue weighted by atomic mass is 16.4. The maximum absolute atomic E-state index is 10.1. The van der Waals surface area contributed by atoms with E-state index in [1.54, 1.807) is 0 Å². The number of primary amides is 1. The highest BCUT2D eigenvalue weighted by Crippen LogP contribution is 1.97. The van der Waals surface area contributed by atoms with Gasteiger partial charge in [0.05, 0.1) is 12.8 Å². The summed E-state index contributed by atoms with van der Waals surface area (Å²) in [6, 6.07) is -4.96. The van der Waals surface area contributed by atoms with E-state index in [1.165, 1.54) is 6.92 Å². The second-order valence-electron chi connectivity index (χ2n) is 8.39. The van der Waals surface area contributed by atoms with Crippen LogP contribution >= 0.6 is 0 Å². The Morgan fingerprint density at radius 3 is 1.07 bits per heavy atom. The summed E-state index contributed by atoms with van der Waals surface area (Å²) in [5.74, 6) is -8.51. The molecule has 0 saturated heterocycles. The van der Waals surface area contributed by atoms with Gasteiger partial charge >= 0.3 is 41.8 Å². The SMILES string of the molecule is CC(N)C(=O)O.NC(=O)CC(N)C(=O)O.NC(CC(=O)O)C(=O)O.NC(CCC(=O)O)C(=O)O.NCCCCC(N)C(=O)O. The van der Waals surface area contributed by atoms with Gasteiger partial charge in [0, 0.05) is 6.42 Å². The Bertz CT molecular complexity index is 871. The third-order valence-corrected chi connectivity index (χ3v) is 4.11. The number of carboxylic acids is 7. The van der Waals surface area contributed by atoms with Gasteiger partial charge in [0.2, 0.25) is 5.91 Å². The van der Waals surface area contributed by atoms with Crippen molar-refractivity contribution in [2.75, 3.05) is 6.54 Å². The Kier molecular flexibility index (Phi) is 33.5. The second kappa shape index (κ2) is 30.0. The van der Waals surface area contributed by atoms with Crippen LogP contribution in [0.5, 0.6) is 0 Å². The van der Waals surface area contributed by atoms with E-state index in [2.05, 4.69) is 5.73 Å². The topological polar surface area (TPSA) is 460 Å². The molecule has 5 unspecified atom stereocenters. The number of carbonyl (C=O) groups excluding carboxylic acids is 1. The maximum atomic E-state index is 10.1. The van der Waals surface area contributed by atoms with E-state index in [-0.39, 0.29) is 19.3 Å². The van der Waals surface area contributed by atoms with Gasteiger partial charge in [-0.1, -0.05) is 6.42 Å². The van der Waals surface area contributed by atoms with Crippen LogP contribution in [0.4, 0.5) is 0 Å². The second-order valence-corrected chi connectivity index (χ2v) is 8.39. The number of carbonyl (C=O) groups is 8. The molecule has 258 valence electrons. The third kappa shape index (κ3) is 44.5. The molecule has 0 aromatic heterocycles. The van der Waals surface area contributed by atoms with Crippen molar-refractivity contribution in [3.63, 3.8) is 0 Å². The summed E-state index contributed by atoms with van der Waals surface area (Å²) in [5, 5.41) is 56.6. The molecule has 0 fully saturated rings. The molecule has 0 saturated carbocycles. The van der Waals surface area contributed by atoms with Gasteiger partial charge in [0.15, 0.2) is 0 Å². The monoisotopic (exact) mass is 647 g/mol. The van der Waals surface area contributed by atoms with E-state index < -0.39 is 84.3 Å². The Morgan fingerprint density at radius 2 is 0.864 bits per heavy atom. The van der Waals surface area contributed by atoms with Crippen molar-refractivity contribution in [2.24, 2.45) is 40.1 Å². The van der Waals surface area contributed by atoms with Crippen LogP contribution in [0.1, 0.15) is 51.9 Å². The minimum Gasteiger partial charge on any atom is -0.481 e. The highest BCUT2D eigenvalue weighted by Gasteiger charge is 2.15. The molecule has 22 heteroatoms. The Hall–Kier alpha value is -4.48. The average Bonchev–Trinajstić information content (AvgIpc) is 2.87. The van der Waals surface area contributed by atoms with Gasteiger partial charge in [-0.2, -0.15) is 0 Å². The zero-order valence-corrected chi connectivity index (χ0v) is 24.0. The summed E-state index contributed by atoms with van der Waals surface area (Å²) >= 11 is 0. The lowest BCUT2D eigenvalue weighted by Gasteiger charge is -2.03. The standard InChI is InChI=1S/C6H14N2O2.C5H9NO4.C4H8N2O3.C4H7NO4.C3H7NO2/c7-4-2-1-3-5(8)6(9)10;6-3(5(9)10)1-2-4(7)8;2*5-2(4(8)9)1-3(6)7;1-2(4)3(5)6/h5H,1-4,7-8H2,(H,9,10);3H,1-2,6H2,(H,7,8)(H,9,10);2H,1,5H2,(H2,6,7)(H,8,9);2H,1,5H2,(H,6,7)(H,8,9);2H,4H2,1H3,(H,5,6). The molecule has 1 amide bonds. The number of nitrogens with two attached hydrogens (primary N) is 7. The Balaban J connectivity index is -0.000000145. The first-order valence-electron chi connectivity index (χ1n) is 12.3. The normalized spacial score (nSPS) is 12.8. The first kappa shape index (κ1) is 49.2. The summed E-state index contributed by atoms with van der Waals surface area (Å²) in [5.41, 5.74) is 34.7. The van der Waals surface area contributed by atoms with Gasteiger partial charge in [0.25, 0.3) is 0 Å².